The Morgan fingerprint density at radius 3 is 2.17 bits per heavy atom. The molecule has 0 aliphatic heterocycles. The van der Waals surface area contributed by atoms with Crippen molar-refractivity contribution in [2.45, 2.75) is 33.4 Å². The molecule has 0 N–H and O–H groups in total. The van der Waals surface area contributed by atoms with Crippen molar-refractivity contribution in [2.24, 2.45) is 0 Å². The maximum absolute atomic E-state index is 12.7. The van der Waals surface area contributed by atoms with Crippen molar-refractivity contribution >= 4 is 16.1 Å². The summed E-state index contributed by atoms with van der Waals surface area (Å²) in [5, 5.41) is 1.29. The number of benzene rings is 2. The second-order valence-electron chi connectivity index (χ2n) is 5.88. The summed E-state index contributed by atoms with van der Waals surface area (Å²) in [7, 11) is -3.48. The van der Waals surface area contributed by atoms with Crippen molar-refractivity contribution < 1.29 is 8.42 Å². The zero-order chi connectivity index (χ0) is 16.9. The monoisotopic (exact) mass is 329 g/mol. The van der Waals surface area contributed by atoms with Crippen LogP contribution in [0.4, 0.5) is 0 Å². The van der Waals surface area contributed by atoms with Crippen LogP contribution in [0.5, 0.6) is 0 Å². The lowest BCUT2D eigenvalue weighted by atomic mass is 10.2. The van der Waals surface area contributed by atoms with E-state index in [1.807, 2.05) is 75.4 Å². The van der Waals surface area contributed by atoms with E-state index in [2.05, 4.69) is 0 Å². The SMILES string of the molecule is Cc1ccc(/C=C/S(=O)(=O)N(Cc2ccccc2)C(C)C)cc1. The second-order valence-corrected chi connectivity index (χ2v) is 7.65. The van der Waals surface area contributed by atoms with Crippen molar-refractivity contribution in [1.82, 2.24) is 4.31 Å². The summed E-state index contributed by atoms with van der Waals surface area (Å²) in [5.41, 5.74) is 3.01. The molecule has 2 aromatic carbocycles. The number of hydrogen-bond acceptors (Lipinski definition) is 2. The number of aryl methyl sites for hydroxylation is 1. The van der Waals surface area contributed by atoms with E-state index in [1.165, 1.54) is 9.71 Å². The Morgan fingerprint density at radius 1 is 1.00 bits per heavy atom. The van der Waals surface area contributed by atoms with Gasteiger partial charge in [-0.3, -0.25) is 0 Å². The highest BCUT2D eigenvalue weighted by molar-refractivity contribution is 7.92. The second kappa shape index (κ2) is 7.57. The zero-order valence-electron chi connectivity index (χ0n) is 13.8. The zero-order valence-corrected chi connectivity index (χ0v) is 14.6. The van der Waals surface area contributed by atoms with Gasteiger partial charge in [0.15, 0.2) is 0 Å². The fraction of sp³-hybridized carbons (Fsp3) is 0.263. The van der Waals surface area contributed by atoms with Gasteiger partial charge in [-0.05, 0) is 38.0 Å². The first-order valence-electron chi connectivity index (χ1n) is 7.69. The van der Waals surface area contributed by atoms with Gasteiger partial charge in [0, 0.05) is 18.0 Å². The summed E-state index contributed by atoms with van der Waals surface area (Å²) in [5.74, 6) is 0. The number of hydrogen-bond donors (Lipinski definition) is 0. The first-order chi connectivity index (χ1) is 10.9. The van der Waals surface area contributed by atoms with Crippen LogP contribution in [0.25, 0.3) is 6.08 Å². The molecule has 0 spiro atoms. The molecule has 0 aliphatic carbocycles. The van der Waals surface area contributed by atoms with E-state index in [0.29, 0.717) is 6.54 Å². The van der Waals surface area contributed by atoms with Gasteiger partial charge in [0.25, 0.3) is 0 Å². The van der Waals surface area contributed by atoms with E-state index in [0.717, 1.165) is 16.7 Å². The van der Waals surface area contributed by atoms with Crippen molar-refractivity contribution in [2.75, 3.05) is 0 Å². The van der Waals surface area contributed by atoms with Gasteiger partial charge in [-0.2, -0.15) is 4.31 Å². The molecule has 0 unspecified atom stereocenters. The molecule has 2 rings (SSSR count). The lowest BCUT2D eigenvalue weighted by Gasteiger charge is -2.24. The summed E-state index contributed by atoms with van der Waals surface area (Å²) >= 11 is 0. The molecule has 0 saturated heterocycles. The van der Waals surface area contributed by atoms with Crippen LogP contribution in [0, 0.1) is 6.92 Å². The number of nitrogens with zero attached hydrogens (tertiary/aromatic N) is 1. The average Bonchev–Trinajstić information content (AvgIpc) is 2.53. The normalized spacial score (nSPS) is 12.4. The highest BCUT2D eigenvalue weighted by atomic mass is 32.2. The first kappa shape index (κ1) is 17.4. The highest BCUT2D eigenvalue weighted by Crippen LogP contribution is 2.16. The van der Waals surface area contributed by atoms with Gasteiger partial charge in [-0.1, -0.05) is 60.2 Å². The predicted octanol–water partition coefficient (Wildman–Crippen LogP) is 4.21. The summed E-state index contributed by atoms with van der Waals surface area (Å²) < 4.78 is 26.8. The summed E-state index contributed by atoms with van der Waals surface area (Å²) in [6.45, 7) is 6.16. The minimum absolute atomic E-state index is 0.108. The molecular weight excluding hydrogens is 306 g/mol. The molecule has 0 amide bonds. The Hall–Kier alpha value is -1.91. The van der Waals surface area contributed by atoms with Crippen LogP contribution in [0.3, 0.4) is 0 Å². The van der Waals surface area contributed by atoms with Crippen LogP contribution >= 0.6 is 0 Å². The van der Waals surface area contributed by atoms with Crippen LogP contribution in [-0.4, -0.2) is 18.8 Å². The first-order valence-corrected chi connectivity index (χ1v) is 9.19. The van der Waals surface area contributed by atoms with Gasteiger partial charge in [-0.25, -0.2) is 8.42 Å². The lowest BCUT2D eigenvalue weighted by molar-refractivity contribution is 0.353. The van der Waals surface area contributed by atoms with Gasteiger partial charge in [-0.15, -0.1) is 0 Å². The highest BCUT2D eigenvalue weighted by Gasteiger charge is 2.22. The molecule has 122 valence electrons. The van der Waals surface area contributed by atoms with Gasteiger partial charge < -0.3 is 0 Å². The van der Waals surface area contributed by atoms with Crippen LogP contribution in [-0.2, 0) is 16.6 Å². The molecular formula is C19H23NO2S. The van der Waals surface area contributed by atoms with Crippen LogP contribution in [0.1, 0.15) is 30.5 Å². The Morgan fingerprint density at radius 2 is 1.61 bits per heavy atom. The standard InChI is InChI=1S/C19H23NO2S/c1-16(2)20(15-19-7-5-4-6-8-19)23(21,22)14-13-18-11-9-17(3)10-12-18/h4-14,16H,15H2,1-3H3/b14-13+. The predicted molar refractivity (Wildman–Crippen MR) is 96.3 cm³/mol. The van der Waals surface area contributed by atoms with Crippen molar-refractivity contribution in [1.29, 1.82) is 0 Å². The lowest BCUT2D eigenvalue weighted by Crippen LogP contribution is -2.35. The number of sulfonamides is 1. The summed E-state index contributed by atoms with van der Waals surface area (Å²) in [4.78, 5) is 0. The van der Waals surface area contributed by atoms with Crippen molar-refractivity contribution in [3.63, 3.8) is 0 Å². The minimum Gasteiger partial charge on any atom is -0.207 e. The van der Waals surface area contributed by atoms with E-state index >= 15 is 0 Å². The van der Waals surface area contributed by atoms with E-state index < -0.39 is 10.0 Å². The van der Waals surface area contributed by atoms with E-state index in [1.54, 1.807) is 6.08 Å². The molecule has 0 radical (unpaired) electrons. The van der Waals surface area contributed by atoms with Crippen molar-refractivity contribution in [3.8, 4) is 0 Å². The van der Waals surface area contributed by atoms with Gasteiger partial charge in [0.1, 0.15) is 0 Å². The Bertz CT molecular complexity index is 748. The van der Waals surface area contributed by atoms with Gasteiger partial charge >= 0.3 is 0 Å². The van der Waals surface area contributed by atoms with Crippen molar-refractivity contribution in [3.05, 3.63) is 76.7 Å². The molecule has 0 heterocycles. The molecule has 0 atom stereocenters. The minimum atomic E-state index is -3.48. The Balaban J connectivity index is 2.21. The van der Waals surface area contributed by atoms with E-state index in [-0.39, 0.29) is 6.04 Å². The number of rotatable bonds is 6. The summed E-state index contributed by atoms with van der Waals surface area (Å²) in [6.07, 6.45) is 1.65. The fourth-order valence-corrected chi connectivity index (χ4v) is 3.65. The Labute approximate surface area is 139 Å². The molecule has 23 heavy (non-hydrogen) atoms. The van der Waals surface area contributed by atoms with Crippen LogP contribution < -0.4 is 0 Å². The smallest absolute Gasteiger partial charge is 0.207 e. The average molecular weight is 329 g/mol. The summed E-state index contributed by atoms with van der Waals surface area (Å²) in [6, 6.07) is 17.3. The molecule has 0 aromatic heterocycles. The quantitative estimate of drug-likeness (QED) is 0.796. The molecule has 4 heteroatoms. The van der Waals surface area contributed by atoms with Gasteiger partial charge in [0.2, 0.25) is 10.0 Å². The van der Waals surface area contributed by atoms with Gasteiger partial charge in [0.05, 0.1) is 0 Å². The molecule has 0 fully saturated rings. The maximum Gasteiger partial charge on any atom is 0.236 e. The fourth-order valence-electron chi connectivity index (χ4n) is 2.25. The third-order valence-electron chi connectivity index (χ3n) is 3.59. The Kier molecular flexibility index (Phi) is 5.74. The van der Waals surface area contributed by atoms with E-state index in [9.17, 15) is 8.42 Å². The van der Waals surface area contributed by atoms with Crippen LogP contribution in [0.2, 0.25) is 0 Å². The third-order valence-corrected chi connectivity index (χ3v) is 5.28. The topological polar surface area (TPSA) is 37.4 Å². The maximum atomic E-state index is 12.7. The van der Waals surface area contributed by atoms with E-state index in [4.69, 9.17) is 0 Å². The molecule has 0 saturated carbocycles. The molecule has 0 bridgehead atoms. The third kappa shape index (κ3) is 5.05. The molecule has 0 aliphatic rings. The molecule has 2 aromatic rings. The molecule has 3 nitrogen and oxygen atoms in total. The van der Waals surface area contributed by atoms with Crippen LogP contribution in [0.15, 0.2) is 60.0 Å². The largest absolute Gasteiger partial charge is 0.236 e.